The first kappa shape index (κ1) is 12.4. The minimum Gasteiger partial charge on any atom is -0.282 e. The van der Waals surface area contributed by atoms with E-state index in [1.807, 2.05) is 31.4 Å². The van der Waals surface area contributed by atoms with Gasteiger partial charge in [-0.15, -0.1) is 11.8 Å². The van der Waals surface area contributed by atoms with E-state index >= 15 is 0 Å². The van der Waals surface area contributed by atoms with Crippen LogP contribution in [0.1, 0.15) is 12.5 Å². The van der Waals surface area contributed by atoms with Crippen molar-refractivity contribution < 1.29 is 4.79 Å². The highest BCUT2D eigenvalue weighted by molar-refractivity contribution is 8.14. The number of thioether (sulfide) groups is 2. The lowest BCUT2D eigenvalue weighted by Crippen LogP contribution is -1.84. The van der Waals surface area contributed by atoms with E-state index in [-0.39, 0.29) is 5.12 Å². The summed E-state index contributed by atoms with van der Waals surface area (Å²) >= 11 is 3.04. The molecule has 0 spiro atoms. The Morgan fingerprint density at radius 1 is 1.33 bits per heavy atom. The van der Waals surface area contributed by atoms with Gasteiger partial charge in [0.25, 0.3) is 0 Å². The second kappa shape index (κ2) is 6.75. The van der Waals surface area contributed by atoms with Crippen LogP contribution in [0.5, 0.6) is 0 Å². The largest absolute Gasteiger partial charge is 0.282 e. The van der Waals surface area contributed by atoms with E-state index in [9.17, 15) is 4.79 Å². The van der Waals surface area contributed by atoms with Crippen molar-refractivity contribution in [2.24, 2.45) is 0 Å². The van der Waals surface area contributed by atoms with Gasteiger partial charge >= 0.3 is 0 Å². The maximum absolute atomic E-state index is 11.2. The number of hydrogen-bond donors (Lipinski definition) is 0. The number of carbonyl (C=O) groups is 1. The van der Waals surface area contributed by atoms with Gasteiger partial charge in [0.05, 0.1) is 0 Å². The van der Waals surface area contributed by atoms with Crippen molar-refractivity contribution in [3.63, 3.8) is 0 Å². The molecular formula is C12H14OS2. The van der Waals surface area contributed by atoms with Crippen LogP contribution in [0.15, 0.2) is 35.2 Å². The molecule has 0 saturated heterocycles. The highest BCUT2D eigenvalue weighted by Gasteiger charge is 1.94. The SMILES string of the molecule is CCSC(=O)/C=C/c1ccc(SC)cc1. The maximum atomic E-state index is 11.2. The van der Waals surface area contributed by atoms with Gasteiger partial charge in [0.2, 0.25) is 5.12 Å². The Morgan fingerprint density at radius 3 is 2.53 bits per heavy atom. The Labute approximate surface area is 99.3 Å². The van der Waals surface area contributed by atoms with Crippen molar-refractivity contribution in [2.75, 3.05) is 12.0 Å². The van der Waals surface area contributed by atoms with E-state index < -0.39 is 0 Å². The van der Waals surface area contributed by atoms with Gasteiger partial charge in [0.1, 0.15) is 0 Å². The van der Waals surface area contributed by atoms with E-state index in [1.54, 1.807) is 17.8 Å². The standard InChI is InChI=1S/C12H14OS2/c1-3-15-12(13)9-6-10-4-7-11(14-2)8-5-10/h4-9H,3H2,1-2H3/b9-6+. The average molecular weight is 238 g/mol. The van der Waals surface area contributed by atoms with E-state index in [0.717, 1.165) is 11.3 Å². The fourth-order valence-electron chi connectivity index (χ4n) is 1.07. The van der Waals surface area contributed by atoms with Gasteiger partial charge in [0, 0.05) is 4.90 Å². The van der Waals surface area contributed by atoms with Crippen LogP contribution in [0.2, 0.25) is 0 Å². The zero-order valence-corrected chi connectivity index (χ0v) is 10.5. The minimum absolute atomic E-state index is 0.117. The van der Waals surface area contributed by atoms with Crippen molar-refractivity contribution >= 4 is 34.7 Å². The molecule has 0 radical (unpaired) electrons. The van der Waals surface area contributed by atoms with Crippen LogP contribution in [-0.4, -0.2) is 17.1 Å². The highest BCUT2D eigenvalue weighted by atomic mass is 32.2. The zero-order chi connectivity index (χ0) is 11.1. The summed E-state index contributed by atoms with van der Waals surface area (Å²) in [6, 6.07) is 8.15. The molecule has 0 saturated carbocycles. The Bertz CT molecular complexity index is 341. The Balaban J connectivity index is 2.60. The van der Waals surface area contributed by atoms with Crippen molar-refractivity contribution in [3.05, 3.63) is 35.9 Å². The Hall–Kier alpha value is -0.670. The molecule has 1 aromatic rings. The molecule has 3 heteroatoms. The lowest BCUT2D eigenvalue weighted by atomic mass is 10.2. The lowest BCUT2D eigenvalue weighted by Gasteiger charge is -1.96. The van der Waals surface area contributed by atoms with Crippen LogP contribution in [0, 0.1) is 0 Å². The van der Waals surface area contributed by atoms with Crippen LogP contribution >= 0.6 is 23.5 Å². The average Bonchev–Trinajstić information content (AvgIpc) is 2.27. The molecule has 80 valence electrons. The van der Waals surface area contributed by atoms with E-state index in [1.165, 1.54) is 16.7 Å². The van der Waals surface area contributed by atoms with Gasteiger partial charge in [-0.05, 0) is 35.8 Å². The van der Waals surface area contributed by atoms with Gasteiger partial charge in [-0.25, -0.2) is 0 Å². The molecular weight excluding hydrogens is 224 g/mol. The second-order valence-electron chi connectivity index (χ2n) is 2.86. The third kappa shape index (κ3) is 4.58. The Morgan fingerprint density at radius 2 is 2.00 bits per heavy atom. The van der Waals surface area contributed by atoms with Gasteiger partial charge in [0.15, 0.2) is 0 Å². The third-order valence-corrected chi connectivity index (χ3v) is 3.27. The fraction of sp³-hybridized carbons (Fsp3) is 0.250. The molecule has 0 atom stereocenters. The molecule has 0 heterocycles. The first-order valence-electron chi connectivity index (χ1n) is 4.75. The van der Waals surface area contributed by atoms with Crippen LogP contribution in [0.3, 0.4) is 0 Å². The number of carbonyl (C=O) groups excluding carboxylic acids is 1. The van der Waals surface area contributed by atoms with Gasteiger partial charge in [-0.3, -0.25) is 4.79 Å². The zero-order valence-electron chi connectivity index (χ0n) is 8.90. The normalized spacial score (nSPS) is 10.8. The van der Waals surface area contributed by atoms with Crippen molar-refractivity contribution in [1.29, 1.82) is 0 Å². The fourth-order valence-corrected chi connectivity index (χ4v) is 1.93. The molecule has 0 bridgehead atoms. The molecule has 0 aromatic heterocycles. The minimum atomic E-state index is 0.117. The summed E-state index contributed by atoms with van der Waals surface area (Å²) in [7, 11) is 0. The van der Waals surface area contributed by atoms with Crippen molar-refractivity contribution in [1.82, 2.24) is 0 Å². The predicted molar refractivity (Wildman–Crippen MR) is 70.4 cm³/mol. The molecule has 1 nitrogen and oxygen atoms in total. The quantitative estimate of drug-likeness (QED) is 0.588. The molecule has 0 aliphatic heterocycles. The molecule has 0 unspecified atom stereocenters. The Kier molecular flexibility index (Phi) is 5.58. The first-order chi connectivity index (χ1) is 7.26. The van der Waals surface area contributed by atoms with E-state index in [2.05, 4.69) is 12.1 Å². The molecule has 1 aromatic carbocycles. The summed E-state index contributed by atoms with van der Waals surface area (Å²) in [4.78, 5) is 12.4. The van der Waals surface area contributed by atoms with Gasteiger partial charge in [-0.2, -0.15) is 0 Å². The number of hydrogen-bond acceptors (Lipinski definition) is 3. The summed E-state index contributed by atoms with van der Waals surface area (Å²) < 4.78 is 0. The van der Waals surface area contributed by atoms with E-state index in [0.29, 0.717) is 0 Å². The summed E-state index contributed by atoms with van der Waals surface area (Å²) in [5.74, 6) is 0.828. The van der Waals surface area contributed by atoms with Gasteiger partial charge in [-0.1, -0.05) is 36.9 Å². The number of rotatable bonds is 4. The topological polar surface area (TPSA) is 17.1 Å². The smallest absolute Gasteiger partial charge is 0.212 e. The molecule has 15 heavy (non-hydrogen) atoms. The molecule has 1 rings (SSSR count). The summed E-state index contributed by atoms with van der Waals surface area (Å²) in [6.07, 6.45) is 5.53. The second-order valence-corrected chi connectivity index (χ2v) is 5.01. The summed E-state index contributed by atoms with van der Waals surface area (Å²) in [6.45, 7) is 1.98. The van der Waals surface area contributed by atoms with Crippen LogP contribution in [0.4, 0.5) is 0 Å². The molecule has 0 amide bonds. The van der Waals surface area contributed by atoms with Crippen LogP contribution < -0.4 is 0 Å². The molecule has 0 fully saturated rings. The monoisotopic (exact) mass is 238 g/mol. The first-order valence-corrected chi connectivity index (χ1v) is 6.96. The molecule has 0 N–H and O–H groups in total. The third-order valence-electron chi connectivity index (χ3n) is 1.81. The summed E-state index contributed by atoms with van der Waals surface area (Å²) in [5.41, 5.74) is 1.07. The number of benzene rings is 1. The summed E-state index contributed by atoms with van der Waals surface area (Å²) in [5, 5.41) is 0.117. The van der Waals surface area contributed by atoms with Crippen LogP contribution in [0.25, 0.3) is 6.08 Å². The maximum Gasteiger partial charge on any atom is 0.212 e. The van der Waals surface area contributed by atoms with E-state index in [4.69, 9.17) is 0 Å². The van der Waals surface area contributed by atoms with Crippen molar-refractivity contribution in [3.8, 4) is 0 Å². The molecule has 0 aliphatic rings. The highest BCUT2D eigenvalue weighted by Crippen LogP contribution is 2.15. The molecule has 0 aliphatic carbocycles. The predicted octanol–water partition coefficient (Wildman–Crippen LogP) is 3.70. The van der Waals surface area contributed by atoms with Gasteiger partial charge < -0.3 is 0 Å². The van der Waals surface area contributed by atoms with Crippen LogP contribution in [-0.2, 0) is 4.79 Å². The lowest BCUT2D eigenvalue weighted by molar-refractivity contribution is -0.106. The van der Waals surface area contributed by atoms with Crippen molar-refractivity contribution in [2.45, 2.75) is 11.8 Å².